The molecule has 1 aliphatic heterocycles. The first-order chi connectivity index (χ1) is 14.0. The summed E-state index contributed by atoms with van der Waals surface area (Å²) in [5, 5.41) is 10.8. The highest BCUT2D eigenvalue weighted by Gasteiger charge is 2.46. The Hall–Kier alpha value is -3.80. The molecule has 0 unspecified atom stereocenters. The van der Waals surface area contributed by atoms with E-state index in [9.17, 15) is 23.5 Å². The monoisotopic (exact) mass is 391 g/mol. The van der Waals surface area contributed by atoms with Crippen LogP contribution in [0.3, 0.4) is 0 Å². The summed E-state index contributed by atoms with van der Waals surface area (Å²) in [4.78, 5) is 26.9. The highest BCUT2D eigenvalue weighted by molar-refractivity contribution is 6.51. The van der Waals surface area contributed by atoms with E-state index in [0.717, 1.165) is 0 Å². The van der Waals surface area contributed by atoms with E-state index < -0.39 is 29.4 Å². The number of anilines is 1. The van der Waals surface area contributed by atoms with Gasteiger partial charge in [0, 0.05) is 11.3 Å². The molecule has 144 valence electrons. The van der Waals surface area contributed by atoms with Crippen molar-refractivity contribution in [3.63, 3.8) is 0 Å². The number of rotatable bonds is 3. The molecule has 1 aliphatic rings. The van der Waals surface area contributed by atoms with Crippen molar-refractivity contribution >= 4 is 23.1 Å². The molecule has 29 heavy (non-hydrogen) atoms. The fourth-order valence-corrected chi connectivity index (χ4v) is 3.41. The predicted octanol–water partition coefficient (Wildman–Crippen LogP) is 4.59. The molecule has 1 amide bonds. The van der Waals surface area contributed by atoms with Crippen molar-refractivity contribution in [1.29, 1.82) is 0 Å². The van der Waals surface area contributed by atoms with Gasteiger partial charge < -0.3 is 5.11 Å². The second kappa shape index (κ2) is 7.31. The zero-order chi connectivity index (χ0) is 20.5. The fraction of sp³-hybridized carbons (Fsp3) is 0.0435. The van der Waals surface area contributed by atoms with Crippen LogP contribution in [0.25, 0.3) is 5.76 Å². The Balaban J connectivity index is 1.94. The zero-order valence-corrected chi connectivity index (χ0v) is 15.0. The van der Waals surface area contributed by atoms with E-state index in [1.165, 1.54) is 53.4 Å². The largest absolute Gasteiger partial charge is 0.507 e. The van der Waals surface area contributed by atoms with Crippen LogP contribution in [0, 0.1) is 11.6 Å². The normalized spacial score (nSPS) is 18.3. The van der Waals surface area contributed by atoms with E-state index in [-0.39, 0.29) is 17.0 Å². The standard InChI is InChI=1S/C23H15F2NO3/c24-16-8-6-14(7-9-16)20-19(21(27)15-4-2-1-3-5-15)22(28)23(29)26(20)18-12-10-17(25)11-13-18/h1-13,20,27H/b21-19+/t20-/m1/s1. The number of hydrogen-bond acceptors (Lipinski definition) is 3. The van der Waals surface area contributed by atoms with Gasteiger partial charge >= 0.3 is 0 Å². The number of carbonyl (C=O) groups excluding carboxylic acids is 2. The van der Waals surface area contributed by atoms with Gasteiger partial charge in [0.25, 0.3) is 11.7 Å². The van der Waals surface area contributed by atoms with E-state index in [0.29, 0.717) is 11.1 Å². The average molecular weight is 391 g/mol. The summed E-state index contributed by atoms with van der Waals surface area (Å²) in [6, 6.07) is 17.8. The van der Waals surface area contributed by atoms with Gasteiger partial charge in [-0.1, -0.05) is 42.5 Å². The number of aliphatic hydroxyl groups excluding tert-OH is 1. The van der Waals surface area contributed by atoms with Gasteiger partial charge in [-0.15, -0.1) is 0 Å². The zero-order valence-electron chi connectivity index (χ0n) is 15.0. The van der Waals surface area contributed by atoms with Gasteiger partial charge in [0.05, 0.1) is 11.6 Å². The minimum Gasteiger partial charge on any atom is -0.507 e. The maximum absolute atomic E-state index is 13.5. The van der Waals surface area contributed by atoms with Crippen LogP contribution in [0.2, 0.25) is 0 Å². The first-order valence-electron chi connectivity index (χ1n) is 8.85. The number of amides is 1. The van der Waals surface area contributed by atoms with Crippen LogP contribution in [-0.2, 0) is 9.59 Å². The second-order valence-corrected chi connectivity index (χ2v) is 6.56. The number of halogens is 2. The molecule has 0 radical (unpaired) electrons. The number of carbonyl (C=O) groups is 2. The molecule has 1 fully saturated rings. The molecular weight excluding hydrogens is 376 g/mol. The number of hydrogen-bond donors (Lipinski definition) is 1. The third-order valence-corrected chi connectivity index (χ3v) is 4.78. The van der Waals surface area contributed by atoms with Crippen molar-refractivity contribution in [3.8, 4) is 0 Å². The Morgan fingerprint density at radius 1 is 0.793 bits per heavy atom. The number of benzene rings is 3. The van der Waals surface area contributed by atoms with Crippen molar-refractivity contribution in [3.05, 3.63) is 107 Å². The summed E-state index contributed by atoms with van der Waals surface area (Å²) in [5.41, 5.74) is 0.983. The summed E-state index contributed by atoms with van der Waals surface area (Å²) in [7, 11) is 0. The number of nitrogens with zero attached hydrogens (tertiary/aromatic N) is 1. The third kappa shape index (κ3) is 3.29. The SMILES string of the molecule is O=C1C(=O)N(c2ccc(F)cc2)[C@H](c2ccc(F)cc2)/C1=C(\O)c1ccccc1. The lowest BCUT2D eigenvalue weighted by atomic mass is 9.95. The van der Waals surface area contributed by atoms with Crippen LogP contribution >= 0.6 is 0 Å². The van der Waals surface area contributed by atoms with Gasteiger partial charge in [-0.2, -0.15) is 0 Å². The van der Waals surface area contributed by atoms with Gasteiger partial charge in [0.1, 0.15) is 17.4 Å². The lowest BCUT2D eigenvalue weighted by Crippen LogP contribution is -2.29. The maximum atomic E-state index is 13.5. The average Bonchev–Trinajstić information content (AvgIpc) is 3.00. The van der Waals surface area contributed by atoms with Gasteiger partial charge in [-0.3, -0.25) is 14.5 Å². The van der Waals surface area contributed by atoms with Crippen LogP contribution in [0.1, 0.15) is 17.2 Å². The second-order valence-electron chi connectivity index (χ2n) is 6.56. The molecule has 0 bridgehead atoms. The summed E-state index contributed by atoms with van der Waals surface area (Å²) in [6.45, 7) is 0. The quantitative estimate of drug-likeness (QED) is 0.404. The lowest BCUT2D eigenvalue weighted by Gasteiger charge is -2.25. The van der Waals surface area contributed by atoms with Crippen LogP contribution < -0.4 is 4.90 Å². The minimum absolute atomic E-state index is 0.114. The minimum atomic E-state index is -0.985. The molecule has 1 N–H and O–H groups in total. The summed E-state index contributed by atoms with van der Waals surface area (Å²) >= 11 is 0. The molecule has 3 aromatic carbocycles. The van der Waals surface area contributed by atoms with Crippen molar-refractivity contribution < 1.29 is 23.5 Å². The van der Waals surface area contributed by atoms with Crippen molar-refractivity contribution in [2.75, 3.05) is 4.90 Å². The molecule has 4 rings (SSSR count). The Morgan fingerprint density at radius 3 is 1.93 bits per heavy atom. The van der Waals surface area contributed by atoms with E-state index in [4.69, 9.17) is 0 Å². The molecule has 1 saturated heterocycles. The summed E-state index contributed by atoms with van der Waals surface area (Å²) < 4.78 is 26.8. The smallest absolute Gasteiger partial charge is 0.300 e. The van der Waals surface area contributed by atoms with Gasteiger partial charge in [-0.25, -0.2) is 8.78 Å². The third-order valence-electron chi connectivity index (χ3n) is 4.78. The Labute approximate surface area is 165 Å². The number of aliphatic hydroxyl groups is 1. The van der Waals surface area contributed by atoms with Gasteiger partial charge in [0.2, 0.25) is 0 Å². The lowest BCUT2D eigenvalue weighted by molar-refractivity contribution is -0.132. The summed E-state index contributed by atoms with van der Waals surface area (Å²) in [6.07, 6.45) is 0. The molecule has 0 aromatic heterocycles. The molecule has 4 nitrogen and oxygen atoms in total. The maximum Gasteiger partial charge on any atom is 0.300 e. The van der Waals surface area contributed by atoms with Crippen LogP contribution in [0.15, 0.2) is 84.4 Å². The molecule has 6 heteroatoms. The predicted molar refractivity (Wildman–Crippen MR) is 104 cm³/mol. The van der Waals surface area contributed by atoms with Gasteiger partial charge in [-0.05, 0) is 42.0 Å². The van der Waals surface area contributed by atoms with Crippen LogP contribution in [0.4, 0.5) is 14.5 Å². The van der Waals surface area contributed by atoms with Gasteiger partial charge in [0.15, 0.2) is 0 Å². The van der Waals surface area contributed by atoms with E-state index in [1.54, 1.807) is 30.3 Å². The van der Waals surface area contributed by atoms with Crippen molar-refractivity contribution in [2.45, 2.75) is 6.04 Å². The first kappa shape index (κ1) is 18.6. The van der Waals surface area contributed by atoms with Crippen LogP contribution in [-0.4, -0.2) is 16.8 Å². The Morgan fingerprint density at radius 2 is 1.34 bits per heavy atom. The first-order valence-corrected chi connectivity index (χ1v) is 8.85. The molecule has 1 heterocycles. The molecule has 1 atom stereocenters. The van der Waals surface area contributed by atoms with E-state index >= 15 is 0 Å². The van der Waals surface area contributed by atoms with E-state index in [2.05, 4.69) is 0 Å². The molecule has 0 aliphatic carbocycles. The number of Topliss-reactive ketones (excluding diaryl/α,β-unsaturated/α-hetero) is 1. The fourth-order valence-electron chi connectivity index (χ4n) is 3.41. The van der Waals surface area contributed by atoms with Crippen molar-refractivity contribution in [1.82, 2.24) is 0 Å². The summed E-state index contributed by atoms with van der Waals surface area (Å²) in [5.74, 6) is -3.03. The van der Waals surface area contributed by atoms with Crippen molar-refractivity contribution in [2.24, 2.45) is 0 Å². The molecule has 0 saturated carbocycles. The highest BCUT2D eigenvalue weighted by Crippen LogP contribution is 2.42. The topological polar surface area (TPSA) is 57.6 Å². The number of ketones is 1. The van der Waals surface area contributed by atoms with E-state index in [1.807, 2.05) is 0 Å². The highest BCUT2D eigenvalue weighted by atomic mass is 19.1. The Bertz CT molecular complexity index is 1110. The molecular formula is C23H15F2NO3. The molecule has 3 aromatic rings. The van der Waals surface area contributed by atoms with Crippen LogP contribution in [0.5, 0.6) is 0 Å². The Kier molecular flexibility index (Phi) is 4.68. The molecule has 0 spiro atoms.